The molecule has 1 amide bonds. The zero-order valence-electron chi connectivity index (χ0n) is 8.60. The molecule has 0 bridgehead atoms. The maximum atomic E-state index is 13.1. The smallest absolute Gasteiger partial charge is 0.251 e. The highest BCUT2D eigenvalue weighted by Crippen LogP contribution is 2.16. The Bertz CT molecular complexity index is 373. The number of carbonyl (C=O) groups is 1. The Hall–Kier alpha value is -0.610. The first-order valence-electron chi connectivity index (χ1n) is 4.94. The van der Waals surface area contributed by atoms with E-state index in [0.29, 0.717) is 22.5 Å². The van der Waals surface area contributed by atoms with Gasteiger partial charge in [0.05, 0.1) is 4.47 Å². The standard InChI is InChI=1S/C11H12BrClFNO/c12-9-4-3-8(7-10(9)14)11(16)15-6-2-1-5-13/h3-4,7H,1-2,5-6H2,(H,15,16). The molecule has 1 rings (SSSR count). The van der Waals surface area contributed by atoms with Crippen LogP contribution in [-0.4, -0.2) is 18.3 Å². The number of hydrogen-bond acceptors (Lipinski definition) is 1. The highest BCUT2D eigenvalue weighted by molar-refractivity contribution is 9.10. The van der Waals surface area contributed by atoms with Crippen LogP contribution in [0.15, 0.2) is 22.7 Å². The first-order chi connectivity index (χ1) is 7.65. The van der Waals surface area contributed by atoms with Crippen molar-refractivity contribution >= 4 is 33.4 Å². The van der Waals surface area contributed by atoms with E-state index in [1.807, 2.05) is 0 Å². The second-order valence-corrected chi connectivity index (χ2v) is 4.51. The number of hydrogen-bond donors (Lipinski definition) is 1. The van der Waals surface area contributed by atoms with Gasteiger partial charge in [0.15, 0.2) is 0 Å². The average Bonchev–Trinajstić information content (AvgIpc) is 2.28. The van der Waals surface area contributed by atoms with Crippen molar-refractivity contribution in [1.82, 2.24) is 5.32 Å². The molecule has 2 nitrogen and oxygen atoms in total. The van der Waals surface area contributed by atoms with Crippen LogP contribution in [0.3, 0.4) is 0 Å². The first kappa shape index (κ1) is 13.5. The Balaban J connectivity index is 2.50. The lowest BCUT2D eigenvalue weighted by atomic mass is 10.2. The molecule has 0 heterocycles. The summed E-state index contributed by atoms with van der Waals surface area (Å²) in [6.07, 6.45) is 1.69. The molecule has 0 aliphatic carbocycles. The molecule has 1 N–H and O–H groups in total. The zero-order valence-corrected chi connectivity index (χ0v) is 10.9. The maximum Gasteiger partial charge on any atom is 0.251 e. The molecule has 88 valence electrons. The third-order valence-electron chi connectivity index (χ3n) is 2.03. The number of rotatable bonds is 5. The Morgan fingerprint density at radius 1 is 1.44 bits per heavy atom. The van der Waals surface area contributed by atoms with Crippen LogP contribution in [0.25, 0.3) is 0 Å². The summed E-state index contributed by atoms with van der Waals surface area (Å²) in [6.45, 7) is 0.559. The van der Waals surface area contributed by atoms with Gasteiger partial charge in [0.2, 0.25) is 0 Å². The molecule has 16 heavy (non-hydrogen) atoms. The van der Waals surface area contributed by atoms with E-state index in [4.69, 9.17) is 11.6 Å². The van der Waals surface area contributed by atoms with E-state index in [1.54, 1.807) is 6.07 Å². The number of amides is 1. The Kier molecular flexibility index (Phi) is 5.77. The van der Waals surface area contributed by atoms with E-state index in [9.17, 15) is 9.18 Å². The van der Waals surface area contributed by atoms with Gasteiger partial charge in [-0.15, -0.1) is 11.6 Å². The largest absolute Gasteiger partial charge is 0.352 e. The molecule has 1 aromatic rings. The number of halogens is 3. The summed E-state index contributed by atoms with van der Waals surface area (Å²) in [5, 5.41) is 2.70. The SMILES string of the molecule is O=C(NCCCCCl)c1ccc(Br)c(F)c1. The summed E-state index contributed by atoms with van der Waals surface area (Å²) in [7, 11) is 0. The molecular weight excluding hydrogens is 296 g/mol. The molecular formula is C11H12BrClFNO. The number of unbranched alkanes of at least 4 members (excludes halogenated alkanes) is 1. The third kappa shape index (κ3) is 4.10. The molecule has 0 aromatic heterocycles. The van der Waals surface area contributed by atoms with Crippen LogP contribution < -0.4 is 5.32 Å². The topological polar surface area (TPSA) is 29.1 Å². The van der Waals surface area contributed by atoms with Gasteiger partial charge in [-0.2, -0.15) is 0 Å². The van der Waals surface area contributed by atoms with Crippen LogP contribution in [0, 0.1) is 5.82 Å². The molecule has 0 spiro atoms. The lowest BCUT2D eigenvalue weighted by Crippen LogP contribution is -2.24. The summed E-state index contributed by atoms with van der Waals surface area (Å²) < 4.78 is 13.5. The van der Waals surface area contributed by atoms with Crippen LogP contribution in [0.4, 0.5) is 4.39 Å². The average molecular weight is 309 g/mol. The molecule has 0 aliphatic rings. The van der Waals surface area contributed by atoms with Crippen molar-refractivity contribution in [2.75, 3.05) is 12.4 Å². The minimum Gasteiger partial charge on any atom is -0.352 e. The van der Waals surface area contributed by atoms with Crippen LogP contribution in [0.1, 0.15) is 23.2 Å². The van der Waals surface area contributed by atoms with Gasteiger partial charge in [0, 0.05) is 18.0 Å². The second kappa shape index (κ2) is 6.86. The van der Waals surface area contributed by atoms with E-state index >= 15 is 0 Å². The number of nitrogens with one attached hydrogen (secondary N) is 1. The lowest BCUT2D eigenvalue weighted by Gasteiger charge is -2.05. The molecule has 0 atom stereocenters. The summed E-state index contributed by atoms with van der Waals surface area (Å²) in [5.41, 5.74) is 0.326. The van der Waals surface area contributed by atoms with Crippen molar-refractivity contribution in [3.05, 3.63) is 34.1 Å². The summed E-state index contributed by atoms with van der Waals surface area (Å²) in [4.78, 5) is 11.5. The van der Waals surface area contributed by atoms with Gasteiger partial charge in [0.1, 0.15) is 5.82 Å². The zero-order chi connectivity index (χ0) is 12.0. The van der Waals surface area contributed by atoms with Crippen LogP contribution in [0.5, 0.6) is 0 Å². The molecule has 0 radical (unpaired) electrons. The van der Waals surface area contributed by atoms with Gasteiger partial charge in [-0.3, -0.25) is 4.79 Å². The molecule has 1 aromatic carbocycles. The van der Waals surface area contributed by atoms with Crippen molar-refractivity contribution in [1.29, 1.82) is 0 Å². The highest BCUT2D eigenvalue weighted by Gasteiger charge is 2.07. The normalized spacial score (nSPS) is 10.2. The van der Waals surface area contributed by atoms with E-state index in [0.717, 1.165) is 12.8 Å². The molecule has 0 unspecified atom stereocenters. The van der Waals surface area contributed by atoms with Crippen molar-refractivity contribution in [2.45, 2.75) is 12.8 Å². The van der Waals surface area contributed by atoms with Crippen LogP contribution in [-0.2, 0) is 0 Å². The number of carbonyl (C=O) groups excluding carboxylic acids is 1. The van der Waals surface area contributed by atoms with E-state index < -0.39 is 5.82 Å². The summed E-state index contributed by atoms with van der Waals surface area (Å²) in [6, 6.07) is 4.30. The fraction of sp³-hybridized carbons (Fsp3) is 0.364. The van der Waals surface area contributed by atoms with Crippen LogP contribution >= 0.6 is 27.5 Å². The summed E-state index contributed by atoms with van der Waals surface area (Å²) in [5.74, 6) is -0.114. The third-order valence-corrected chi connectivity index (χ3v) is 2.94. The van der Waals surface area contributed by atoms with Crippen molar-refractivity contribution in [3.8, 4) is 0 Å². The highest BCUT2D eigenvalue weighted by atomic mass is 79.9. The van der Waals surface area contributed by atoms with E-state index in [-0.39, 0.29) is 5.91 Å². The Labute approximate surface area is 107 Å². The molecule has 5 heteroatoms. The maximum absolute atomic E-state index is 13.1. The fourth-order valence-corrected chi connectivity index (χ4v) is 1.60. The Morgan fingerprint density at radius 3 is 2.81 bits per heavy atom. The van der Waals surface area contributed by atoms with Gasteiger partial charge in [-0.1, -0.05) is 0 Å². The number of benzene rings is 1. The molecule has 0 saturated heterocycles. The lowest BCUT2D eigenvalue weighted by molar-refractivity contribution is 0.0952. The quantitative estimate of drug-likeness (QED) is 0.656. The van der Waals surface area contributed by atoms with Crippen molar-refractivity contribution in [2.24, 2.45) is 0 Å². The van der Waals surface area contributed by atoms with Crippen molar-refractivity contribution < 1.29 is 9.18 Å². The minimum absolute atomic E-state index is 0.263. The molecule has 0 saturated carbocycles. The predicted octanol–water partition coefficient (Wildman–Crippen LogP) is 3.34. The van der Waals surface area contributed by atoms with Gasteiger partial charge < -0.3 is 5.32 Å². The Morgan fingerprint density at radius 2 is 2.19 bits per heavy atom. The van der Waals surface area contributed by atoms with Gasteiger partial charge in [0.25, 0.3) is 5.91 Å². The first-order valence-corrected chi connectivity index (χ1v) is 6.27. The monoisotopic (exact) mass is 307 g/mol. The van der Waals surface area contributed by atoms with Gasteiger partial charge in [-0.05, 0) is 47.0 Å². The molecule has 0 fully saturated rings. The second-order valence-electron chi connectivity index (χ2n) is 3.28. The van der Waals surface area contributed by atoms with E-state index in [2.05, 4.69) is 21.2 Å². The van der Waals surface area contributed by atoms with Gasteiger partial charge >= 0.3 is 0 Å². The van der Waals surface area contributed by atoms with E-state index in [1.165, 1.54) is 12.1 Å². The van der Waals surface area contributed by atoms with Gasteiger partial charge in [-0.25, -0.2) is 4.39 Å². The van der Waals surface area contributed by atoms with Crippen LogP contribution in [0.2, 0.25) is 0 Å². The van der Waals surface area contributed by atoms with Crippen molar-refractivity contribution in [3.63, 3.8) is 0 Å². The fourth-order valence-electron chi connectivity index (χ4n) is 1.16. The summed E-state index contributed by atoms with van der Waals surface area (Å²) >= 11 is 8.53. The minimum atomic E-state index is -0.437. The predicted molar refractivity (Wildman–Crippen MR) is 66.4 cm³/mol. The molecule has 0 aliphatic heterocycles. The number of alkyl halides is 1.